The number of hydrogen-bond donors (Lipinski definition) is 3. The van der Waals surface area contributed by atoms with Gasteiger partial charge in [0, 0.05) is 44.4 Å². The van der Waals surface area contributed by atoms with E-state index in [0.717, 1.165) is 35.2 Å². The molecule has 3 atom stereocenters. The van der Waals surface area contributed by atoms with E-state index in [1.54, 1.807) is 17.2 Å². The fourth-order valence-corrected chi connectivity index (χ4v) is 5.47. The number of pyridine rings is 2. The number of nitrogens with zero attached hydrogens (tertiary/aromatic N) is 4. The summed E-state index contributed by atoms with van der Waals surface area (Å²) in [5, 5.41) is 17.5. The lowest BCUT2D eigenvalue weighted by Gasteiger charge is -2.25. The van der Waals surface area contributed by atoms with Crippen molar-refractivity contribution in [3.8, 4) is 0 Å². The summed E-state index contributed by atoms with van der Waals surface area (Å²) in [6, 6.07) is 12.5. The molecule has 4 heterocycles. The number of amides is 2. The zero-order chi connectivity index (χ0) is 31.1. The van der Waals surface area contributed by atoms with Gasteiger partial charge in [0.05, 0.1) is 29.0 Å². The first-order chi connectivity index (χ1) is 21.3. The number of oxazole rings is 1. The molecule has 1 aromatic carbocycles. The first-order valence-electron chi connectivity index (χ1n) is 15.1. The number of hydrogen-bond acceptors (Lipinski definition) is 8. The van der Waals surface area contributed by atoms with E-state index in [2.05, 4.69) is 45.5 Å². The molecule has 3 aromatic heterocycles. The molecule has 1 aliphatic heterocycles. The quantitative estimate of drug-likeness (QED) is 0.220. The molecule has 0 saturated carbocycles. The van der Waals surface area contributed by atoms with Crippen LogP contribution in [0.15, 0.2) is 77.9 Å². The fourth-order valence-electron chi connectivity index (χ4n) is 5.47. The van der Waals surface area contributed by atoms with Crippen molar-refractivity contribution >= 4 is 11.8 Å². The van der Waals surface area contributed by atoms with Crippen LogP contribution in [-0.4, -0.2) is 62.0 Å². The van der Waals surface area contributed by atoms with E-state index in [9.17, 15) is 14.7 Å². The summed E-state index contributed by atoms with van der Waals surface area (Å²) in [7, 11) is 0. The van der Waals surface area contributed by atoms with Gasteiger partial charge in [0.1, 0.15) is 12.3 Å². The van der Waals surface area contributed by atoms with Crippen LogP contribution >= 0.6 is 0 Å². The molecule has 3 N–H and O–H groups in total. The van der Waals surface area contributed by atoms with E-state index in [4.69, 9.17) is 4.42 Å². The molecule has 4 aromatic rings. The Kier molecular flexibility index (Phi) is 10.1. The average molecular weight is 597 g/mol. The molecule has 10 heteroatoms. The molecule has 5 rings (SSSR count). The van der Waals surface area contributed by atoms with Crippen molar-refractivity contribution in [2.24, 2.45) is 0 Å². The minimum Gasteiger partial charge on any atom is -0.446 e. The molecule has 44 heavy (non-hydrogen) atoms. The number of rotatable bonds is 12. The van der Waals surface area contributed by atoms with Gasteiger partial charge in [-0.1, -0.05) is 50.2 Å². The number of aliphatic hydroxyl groups is 1. The lowest BCUT2D eigenvalue weighted by molar-refractivity contribution is 0.0715. The fraction of sp³-hybridized carbons (Fsp3) is 0.382. The lowest BCUT2D eigenvalue weighted by atomic mass is 10.00. The van der Waals surface area contributed by atoms with Crippen molar-refractivity contribution in [3.63, 3.8) is 0 Å². The van der Waals surface area contributed by atoms with Gasteiger partial charge >= 0.3 is 0 Å². The van der Waals surface area contributed by atoms with Crippen molar-refractivity contribution in [3.05, 3.63) is 113 Å². The molecular formula is C34H40N6O4. The molecule has 0 bridgehead atoms. The lowest BCUT2D eigenvalue weighted by Crippen LogP contribution is -2.48. The van der Waals surface area contributed by atoms with Crippen LogP contribution in [0, 0.1) is 6.92 Å². The number of carbonyl (C=O) groups is 2. The van der Waals surface area contributed by atoms with Gasteiger partial charge in [0.2, 0.25) is 5.89 Å². The van der Waals surface area contributed by atoms with E-state index in [-0.39, 0.29) is 24.1 Å². The summed E-state index contributed by atoms with van der Waals surface area (Å²) < 4.78 is 5.59. The standard InChI is InChI=1S/C34H40N6O4/c1-22(2)26-12-25(15-35-17-26)16-36-20-31(41)29(13-24-8-5-4-6-9-24)39-32(42)27-14-28(19-37-18-27)34(43)40-11-7-10-30(40)33-38-23(3)21-44-33/h4-6,8-9,12,14-15,17-19,21-22,29-31,36,41H,7,10-11,13,16,20H2,1-3H3,(H,39,42). The predicted molar refractivity (Wildman–Crippen MR) is 166 cm³/mol. The third-order valence-corrected chi connectivity index (χ3v) is 7.93. The van der Waals surface area contributed by atoms with Crippen LogP contribution in [0.4, 0.5) is 0 Å². The first kappa shape index (κ1) is 31.0. The van der Waals surface area contributed by atoms with Crippen molar-refractivity contribution in [2.75, 3.05) is 13.1 Å². The number of aryl methyl sites for hydroxylation is 1. The van der Waals surface area contributed by atoms with Gasteiger partial charge in [-0.2, -0.15) is 0 Å². The van der Waals surface area contributed by atoms with Gasteiger partial charge in [-0.15, -0.1) is 0 Å². The highest BCUT2D eigenvalue weighted by atomic mass is 16.3. The zero-order valence-corrected chi connectivity index (χ0v) is 25.4. The second kappa shape index (κ2) is 14.4. The predicted octanol–water partition coefficient (Wildman–Crippen LogP) is 4.37. The monoisotopic (exact) mass is 596 g/mol. The third-order valence-electron chi connectivity index (χ3n) is 7.93. The van der Waals surface area contributed by atoms with Crippen molar-refractivity contribution < 1.29 is 19.1 Å². The van der Waals surface area contributed by atoms with Crippen LogP contribution in [0.1, 0.15) is 87.6 Å². The van der Waals surface area contributed by atoms with E-state index in [0.29, 0.717) is 36.9 Å². The number of nitrogens with one attached hydrogen (secondary N) is 2. The molecule has 230 valence electrons. The van der Waals surface area contributed by atoms with Crippen LogP contribution in [0.25, 0.3) is 0 Å². The Balaban J connectivity index is 1.26. The summed E-state index contributed by atoms with van der Waals surface area (Å²) in [4.78, 5) is 41.7. The Bertz CT molecular complexity index is 1560. The second-order valence-corrected chi connectivity index (χ2v) is 11.7. The van der Waals surface area contributed by atoms with E-state index < -0.39 is 18.1 Å². The minimum absolute atomic E-state index is 0.230. The highest BCUT2D eigenvalue weighted by molar-refractivity contribution is 5.99. The Hall–Kier alpha value is -4.41. The zero-order valence-electron chi connectivity index (χ0n) is 25.4. The number of likely N-dealkylation sites (tertiary alicyclic amines) is 1. The number of aromatic nitrogens is 3. The minimum atomic E-state index is -0.882. The van der Waals surface area contributed by atoms with Crippen LogP contribution in [0.2, 0.25) is 0 Å². The Labute approximate surface area is 258 Å². The van der Waals surface area contributed by atoms with Gasteiger partial charge in [-0.05, 0) is 54.9 Å². The van der Waals surface area contributed by atoms with Gasteiger partial charge in [0.15, 0.2) is 0 Å². The SMILES string of the molecule is Cc1coc(C2CCCN2C(=O)c2cncc(C(=O)NC(Cc3ccccc3)C(O)CNCc3cncc(C(C)C)c3)c2)n1. The first-order valence-corrected chi connectivity index (χ1v) is 15.1. The van der Waals surface area contributed by atoms with Crippen LogP contribution < -0.4 is 10.6 Å². The maximum atomic E-state index is 13.5. The number of carbonyl (C=O) groups excluding carboxylic acids is 2. The highest BCUT2D eigenvalue weighted by Gasteiger charge is 2.34. The van der Waals surface area contributed by atoms with E-state index in [1.807, 2.05) is 49.6 Å². The van der Waals surface area contributed by atoms with Gasteiger partial charge in [0.25, 0.3) is 11.8 Å². The van der Waals surface area contributed by atoms with E-state index >= 15 is 0 Å². The number of aliphatic hydroxyl groups excluding tert-OH is 1. The molecule has 0 aliphatic carbocycles. The van der Waals surface area contributed by atoms with Crippen molar-refractivity contribution in [1.82, 2.24) is 30.5 Å². The summed E-state index contributed by atoms with van der Waals surface area (Å²) >= 11 is 0. The molecule has 3 unspecified atom stereocenters. The molecular weight excluding hydrogens is 556 g/mol. The maximum Gasteiger partial charge on any atom is 0.256 e. The topological polar surface area (TPSA) is 133 Å². The normalized spacial score (nSPS) is 16.2. The van der Waals surface area contributed by atoms with Gasteiger partial charge in [-0.3, -0.25) is 19.6 Å². The molecule has 1 fully saturated rings. The van der Waals surface area contributed by atoms with Gasteiger partial charge < -0.3 is 25.1 Å². The largest absolute Gasteiger partial charge is 0.446 e. The Morgan fingerprint density at radius 3 is 2.57 bits per heavy atom. The van der Waals surface area contributed by atoms with Crippen molar-refractivity contribution in [1.29, 1.82) is 0 Å². The summed E-state index contributed by atoms with van der Waals surface area (Å²) in [6.07, 6.45) is 9.30. The molecule has 1 aliphatic rings. The highest BCUT2D eigenvalue weighted by Crippen LogP contribution is 2.32. The smallest absolute Gasteiger partial charge is 0.256 e. The molecule has 0 spiro atoms. The average Bonchev–Trinajstić information content (AvgIpc) is 3.70. The van der Waals surface area contributed by atoms with E-state index in [1.165, 1.54) is 12.4 Å². The third kappa shape index (κ3) is 7.75. The molecule has 1 saturated heterocycles. The Morgan fingerprint density at radius 1 is 1.05 bits per heavy atom. The second-order valence-electron chi connectivity index (χ2n) is 11.7. The van der Waals surface area contributed by atoms with Gasteiger partial charge in [-0.25, -0.2) is 4.98 Å². The van der Waals surface area contributed by atoms with Crippen LogP contribution in [-0.2, 0) is 13.0 Å². The number of benzene rings is 1. The summed E-state index contributed by atoms with van der Waals surface area (Å²) in [5.41, 5.74) is 4.48. The maximum absolute atomic E-state index is 13.5. The van der Waals surface area contributed by atoms with Crippen LogP contribution in [0.5, 0.6) is 0 Å². The van der Waals surface area contributed by atoms with Crippen LogP contribution in [0.3, 0.4) is 0 Å². The molecule has 10 nitrogen and oxygen atoms in total. The summed E-state index contributed by atoms with van der Waals surface area (Å²) in [6.45, 7) is 7.46. The molecule has 0 radical (unpaired) electrons. The summed E-state index contributed by atoms with van der Waals surface area (Å²) in [5.74, 6) is 0.246. The van der Waals surface area contributed by atoms with Crippen molar-refractivity contribution in [2.45, 2.75) is 70.7 Å². The molecule has 2 amide bonds. The Morgan fingerprint density at radius 2 is 1.82 bits per heavy atom.